The zero-order valence-electron chi connectivity index (χ0n) is 3.02. The molecule has 0 bridgehead atoms. The van der Waals surface area contributed by atoms with Crippen LogP contribution >= 0.6 is 0 Å². The third kappa shape index (κ3) is 13.1. The molecule has 0 radical (unpaired) electrons. The molecule has 24 valence electrons. The molecule has 0 rings (SSSR count). The van der Waals surface area contributed by atoms with Crippen LogP contribution in [0.25, 0.3) is 0 Å². The van der Waals surface area contributed by atoms with Crippen molar-refractivity contribution in [1.29, 1.82) is 0 Å². The van der Waals surface area contributed by atoms with E-state index in [-0.39, 0.29) is 13.5 Å². The van der Waals surface area contributed by atoms with Gasteiger partial charge in [0.15, 0.2) is 0 Å². The Kier molecular flexibility index (Phi) is 20.2. The molecule has 0 aromatic heterocycles. The molecular weight excluding hydrogens is 83.1 g/mol. The van der Waals surface area contributed by atoms with E-state index in [1.54, 1.807) is 0 Å². The van der Waals surface area contributed by atoms with E-state index in [9.17, 15) is 0 Å². The Labute approximate surface area is 40.8 Å². The normalized spacial score (nSPS) is 2.50. The smallest absolute Gasteiger partial charge is 0.813 e. The van der Waals surface area contributed by atoms with Crippen LogP contribution in [-0.4, -0.2) is 15.2 Å². The summed E-state index contributed by atoms with van der Waals surface area (Å²) < 4.78 is 0. The molecule has 0 spiro atoms. The minimum absolute atomic E-state index is 0. The molecule has 0 atom stereocenters. The standard InChI is InChI=1S/2CH3.Al.H2S/h2*1H3;;1H2/q;;+1;/p-1. The molecule has 0 saturated carbocycles. The van der Waals surface area contributed by atoms with Gasteiger partial charge < -0.3 is 13.5 Å². The van der Waals surface area contributed by atoms with E-state index in [1.807, 2.05) is 0 Å². The molecule has 4 heavy (non-hydrogen) atoms. The van der Waals surface area contributed by atoms with E-state index < -0.39 is 0 Å². The van der Waals surface area contributed by atoms with Crippen molar-refractivity contribution >= 4 is 28.7 Å². The summed E-state index contributed by atoms with van der Waals surface area (Å²) >= 11 is 0.750. The fourth-order valence-corrected chi connectivity index (χ4v) is 0. The third-order valence-electron chi connectivity index (χ3n) is 0. The van der Waals surface area contributed by atoms with E-state index in [1.165, 1.54) is 0 Å². The van der Waals surface area contributed by atoms with Crippen molar-refractivity contribution in [2.75, 3.05) is 0 Å². The van der Waals surface area contributed by atoms with Gasteiger partial charge in [-0.15, -0.1) is 0 Å². The molecule has 0 aromatic rings. The summed E-state index contributed by atoms with van der Waals surface area (Å²) in [5, 5.41) is 0. The second kappa shape index (κ2) is 9.10. The third-order valence-corrected chi connectivity index (χ3v) is 0. The Hall–Kier alpha value is 0.882. The quantitative estimate of drug-likeness (QED) is 0.237. The Morgan fingerprint density at radius 2 is 1.25 bits per heavy atom. The average Bonchev–Trinajstić information content (AvgIpc) is 0.918. The minimum atomic E-state index is 0. The van der Waals surface area contributed by atoms with E-state index >= 15 is 0 Å². The van der Waals surface area contributed by atoms with E-state index in [0.29, 0.717) is 0 Å². The van der Waals surface area contributed by atoms with Gasteiger partial charge >= 0.3 is 26.8 Å². The molecule has 0 fully saturated rings. The molecule has 0 amide bonds. The minimum Gasteiger partial charge on any atom is -0.813 e. The molecule has 0 heterocycles. The van der Waals surface area contributed by atoms with Crippen molar-refractivity contribution in [2.45, 2.75) is 11.6 Å². The first-order valence-electron chi connectivity index (χ1n) is 1.15. The SMILES string of the molecule is [CH3][Al+][CH3].[SH-]. The maximum absolute atomic E-state index is 2.21. The molecule has 0 aliphatic rings. The van der Waals surface area contributed by atoms with Crippen molar-refractivity contribution in [3.05, 3.63) is 0 Å². The summed E-state index contributed by atoms with van der Waals surface area (Å²) in [6.45, 7) is 0. The summed E-state index contributed by atoms with van der Waals surface area (Å²) in [5.74, 6) is 4.42. The Morgan fingerprint density at radius 3 is 1.25 bits per heavy atom. The van der Waals surface area contributed by atoms with Gasteiger partial charge in [0.1, 0.15) is 0 Å². The monoisotopic (exact) mass is 90.0 g/mol. The average molecular weight is 90.1 g/mol. The number of rotatable bonds is 0. The summed E-state index contributed by atoms with van der Waals surface area (Å²) in [5.41, 5.74) is 0. The second-order valence-corrected chi connectivity index (χ2v) is 1.73. The summed E-state index contributed by atoms with van der Waals surface area (Å²) in [7, 11) is 0. The number of thiol groups is 1. The molecule has 0 aliphatic heterocycles. The van der Waals surface area contributed by atoms with Crippen LogP contribution in [0.15, 0.2) is 0 Å². The molecule has 0 aliphatic carbocycles. The van der Waals surface area contributed by atoms with Gasteiger partial charge in [0.2, 0.25) is 0 Å². The second-order valence-electron chi connectivity index (χ2n) is 0.577. The van der Waals surface area contributed by atoms with Gasteiger partial charge in [-0.05, 0) is 0 Å². The van der Waals surface area contributed by atoms with Gasteiger partial charge in [-0.1, -0.05) is 0 Å². The molecule has 0 unspecified atom stereocenters. The van der Waals surface area contributed by atoms with Crippen LogP contribution in [0.2, 0.25) is 11.6 Å². The molecule has 0 saturated heterocycles. The zero-order chi connectivity index (χ0) is 2.71. The van der Waals surface area contributed by atoms with Crippen LogP contribution in [0.1, 0.15) is 0 Å². The number of hydrogen-bond acceptors (Lipinski definition) is 1. The largest absolute Gasteiger partial charge is 0.813 e. The van der Waals surface area contributed by atoms with Gasteiger partial charge in [0.05, 0.1) is 0 Å². The summed E-state index contributed by atoms with van der Waals surface area (Å²) in [4.78, 5) is 0. The summed E-state index contributed by atoms with van der Waals surface area (Å²) in [6, 6.07) is 0. The van der Waals surface area contributed by atoms with Crippen molar-refractivity contribution in [2.24, 2.45) is 0 Å². The Morgan fingerprint density at radius 1 is 1.25 bits per heavy atom. The van der Waals surface area contributed by atoms with E-state index in [4.69, 9.17) is 0 Å². The number of hydrogen-bond donors (Lipinski definition) is 0. The zero-order valence-corrected chi connectivity index (χ0v) is 5.07. The topological polar surface area (TPSA) is 0 Å². The van der Waals surface area contributed by atoms with Gasteiger partial charge in [-0.3, -0.25) is 0 Å². The fraction of sp³-hybridized carbons (Fsp3) is 1.00. The Balaban J connectivity index is 0. The molecule has 0 N–H and O–H groups in total. The van der Waals surface area contributed by atoms with Crippen LogP contribution in [0, 0.1) is 0 Å². The van der Waals surface area contributed by atoms with Crippen LogP contribution < -0.4 is 0 Å². The maximum atomic E-state index is 2.21. The predicted octanol–water partition coefficient (Wildman–Crippen LogP) is 0.517. The Bertz CT molecular complexity index is 6.00. The van der Waals surface area contributed by atoms with Gasteiger partial charge in [0, 0.05) is 0 Å². The first kappa shape index (κ1) is 8.86. The van der Waals surface area contributed by atoms with Gasteiger partial charge in [-0.25, -0.2) is 0 Å². The fourth-order valence-electron chi connectivity index (χ4n) is 0. The van der Waals surface area contributed by atoms with E-state index in [0.717, 1.165) is 15.2 Å². The van der Waals surface area contributed by atoms with Crippen LogP contribution in [0.5, 0.6) is 0 Å². The first-order valence-corrected chi connectivity index (χ1v) is 3.46. The van der Waals surface area contributed by atoms with Crippen molar-refractivity contribution < 1.29 is 0 Å². The van der Waals surface area contributed by atoms with Crippen LogP contribution in [0.4, 0.5) is 0 Å². The van der Waals surface area contributed by atoms with Gasteiger partial charge in [0.25, 0.3) is 0 Å². The van der Waals surface area contributed by atoms with E-state index in [2.05, 4.69) is 11.6 Å². The molecular formula is C2H7AlS. The van der Waals surface area contributed by atoms with Crippen LogP contribution in [-0.2, 0) is 13.5 Å². The summed E-state index contributed by atoms with van der Waals surface area (Å²) in [6.07, 6.45) is 0. The van der Waals surface area contributed by atoms with Crippen molar-refractivity contribution in [3.8, 4) is 0 Å². The molecule has 2 heteroatoms. The van der Waals surface area contributed by atoms with Crippen molar-refractivity contribution in [1.82, 2.24) is 0 Å². The predicted molar refractivity (Wildman–Crippen MR) is 26.2 cm³/mol. The first-order chi connectivity index (χ1) is 1.41. The van der Waals surface area contributed by atoms with Crippen LogP contribution in [0.3, 0.4) is 0 Å². The molecule has 0 aromatic carbocycles. The molecule has 0 nitrogen and oxygen atoms in total. The van der Waals surface area contributed by atoms with Crippen molar-refractivity contribution in [3.63, 3.8) is 0 Å². The van der Waals surface area contributed by atoms with Gasteiger partial charge in [-0.2, -0.15) is 0 Å². The maximum Gasteiger partial charge on any atom is -0.813 e.